The van der Waals surface area contributed by atoms with E-state index in [0.29, 0.717) is 12.3 Å². The van der Waals surface area contributed by atoms with Gasteiger partial charge in [0.1, 0.15) is 10.8 Å². The van der Waals surface area contributed by atoms with Crippen molar-refractivity contribution in [3.63, 3.8) is 0 Å². The molecule has 2 aromatic rings. The van der Waals surface area contributed by atoms with Crippen LogP contribution in [0, 0.1) is 0 Å². The molecule has 4 nitrogen and oxygen atoms in total. The Morgan fingerprint density at radius 3 is 2.86 bits per heavy atom. The molecule has 1 atom stereocenters. The molecule has 1 unspecified atom stereocenters. The fourth-order valence-electron chi connectivity index (χ4n) is 1.96. The molecule has 21 heavy (non-hydrogen) atoms. The highest BCUT2D eigenvalue weighted by Gasteiger charge is 2.11. The molecule has 0 bridgehead atoms. The summed E-state index contributed by atoms with van der Waals surface area (Å²) in [6, 6.07) is 5.96. The molecule has 0 radical (unpaired) electrons. The van der Waals surface area contributed by atoms with Crippen LogP contribution in [0.5, 0.6) is 5.75 Å². The second-order valence-electron chi connectivity index (χ2n) is 4.99. The maximum absolute atomic E-state index is 5.93. The van der Waals surface area contributed by atoms with Gasteiger partial charge in [0.05, 0.1) is 18.3 Å². The Balaban J connectivity index is 2.07. The van der Waals surface area contributed by atoms with E-state index in [2.05, 4.69) is 31.1 Å². The zero-order chi connectivity index (χ0) is 15.2. The summed E-state index contributed by atoms with van der Waals surface area (Å²) in [7, 11) is 0. The zero-order valence-electron chi connectivity index (χ0n) is 12.8. The minimum Gasteiger partial charge on any atom is -0.491 e. The molecule has 0 fully saturated rings. The van der Waals surface area contributed by atoms with E-state index >= 15 is 0 Å². The van der Waals surface area contributed by atoms with Crippen LogP contribution in [0.4, 0.5) is 11.4 Å². The molecule has 114 valence electrons. The van der Waals surface area contributed by atoms with Gasteiger partial charge in [0.25, 0.3) is 0 Å². The molecular formula is C16H23N3OS. The Labute approximate surface area is 130 Å². The number of nitrogens with zero attached hydrogens (tertiary/aromatic N) is 1. The van der Waals surface area contributed by atoms with E-state index in [9.17, 15) is 0 Å². The number of hydrogen-bond acceptors (Lipinski definition) is 5. The molecule has 3 N–H and O–H groups in total. The molecule has 1 aromatic heterocycles. The van der Waals surface area contributed by atoms with Crippen molar-refractivity contribution in [1.82, 2.24) is 4.98 Å². The lowest BCUT2D eigenvalue weighted by molar-refractivity contribution is 0.319. The number of rotatable bonds is 7. The summed E-state index contributed by atoms with van der Waals surface area (Å²) in [6.45, 7) is 7.01. The lowest BCUT2D eigenvalue weighted by Crippen LogP contribution is -2.07. The van der Waals surface area contributed by atoms with Crippen LogP contribution in [0.15, 0.2) is 24.4 Å². The summed E-state index contributed by atoms with van der Waals surface area (Å²) >= 11 is 1.75. The van der Waals surface area contributed by atoms with Crippen molar-refractivity contribution in [2.75, 3.05) is 17.7 Å². The van der Waals surface area contributed by atoms with Gasteiger partial charge in [0, 0.05) is 22.8 Å². The summed E-state index contributed by atoms with van der Waals surface area (Å²) < 4.78 is 5.66. The van der Waals surface area contributed by atoms with Crippen molar-refractivity contribution in [1.29, 1.82) is 0 Å². The van der Waals surface area contributed by atoms with Gasteiger partial charge in [-0.25, -0.2) is 4.98 Å². The third-order valence-corrected chi connectivity index (χ3v) is 4.47. The normalized spacial score (nSPS) is 12.1. The summed E-state index contributed by atoms with van der Waals surface area (Å²) in [5, 5.41) is 4.55. The first-order valence-electron chi connectivity index (χ1n) is 7.37. The lowest BCUT2D eigenvalue weighted by Gasteiger charge is -2.15. The minimum absolute atomic E-state index is 0.165. The molecule has 0 aliphatic heterocycles. The zero-order valence-corrected chi connectivity index (χ0v) is 13.7. The van der Waals surface area contributed by atoms with Crippen molar-refractivity contribution in [2.45, 2.75) is 39.7 Å². The Bertz CT molecular complexity index is 583. The van der Waals surface area contributed by atoms with E-state index in [1.165, 1.54) is 4.88 Å². The average molecular weight is 305 g/mol. The van der Waals surface area contributed by atoms with Crippen molar-refractivity contribution in [3.05, 3.63) is 34.3 Å². The number of nitrogen functional groups attached to an aromatic ring is 1. The summed E-state index contributed by atoms with van der Waals surface area (Å²) in [4.78, 5) is 5.78. The van der Waals surface area contributed by atoms with Gasteiger partial charge in [-0.05, 0) is 31.9 Å². The van der Waals surface area contributed by atoms with Gasteiger partial charge >= 0.3 is 0 Å². The monoisotopic (exact) mass is 305 g/mol. The molecule has 2 rings (SSSR count). The fourth-order valence-corrected chi connectivity index (χ4v) is 2.82. The number of aromatic nitrogens is 1. The van der Waals surface area contributed by atoms with Gasteiger partial charge in [0.2, 0.25) is 0 Å². The number of benzene rings is 1. The van der Waals surface area contributed by atoms with Crippen LogP contribution in [0.2, 0.25) is 0 Å². The number of hydrogen-bond donors (Lipinski definition) is 2. The summed E-state index contributed by atoms with van der Waals surface area (Å²) in [5.41, 5.74) is 7.60. The van der Waals surface area contributed by atoms with Gasteiger partial charge in [-0.15, -0.1) is 11.3 Å². The predicted molar refractivity (Wildman–Crippen MR) is 90.2 cm³/mol. The predicted octanol–water partition coefficient (Wildman–Crippen LogP) is 4.25. The van der Waals surface area contributed by atoms with Crippen LogP contribution < -0.4 is 15.8 Å². The molecule has 0 aliphatic rings. The Morgan fingerprint density at radius 2 is 2.19 bits per heavy atom. The largest absolute Gasteiger partial charge is 0.491 e. The summed E-state index contributed by atoms with van der Waals surface area (Å²) in [6.07, 6.45) is 3.95. The average Bonchev–Trinajstić information content (AvgIpc) is 2.97. The molecular weight excluding hydrogens is 282 g/mol. The van der Waals surface area contributed by atoms with Gasteiger partial charge in [-0.2, -0.15) is 0 Å². The third-order valence-electron chi connectivity index (χ3n) is 3.15. The Hall–Kier alpha value is -1.75. The lowest BCUT2D eigenvalue weighted by atomic mass is 10.2. The highest BCUT2D eigenvalue weighted by atomic mass is 32.1. The Morgan fingerprint density at radius 1 is 1.38 bits per heavy atom. The van der Waals surface area contributed by atoms with E-state index < -0.39 is 0 Å². The molecule has 1 heterocycles. The molecule has 0 amide bonds. The molecule has 1 aromatic carbocycles. The number of nitrogens with two attached hydrogens (primary N) is 1. The highest BCUT2D eigenvalue weighted by Crippen LogP contribution is 2.29. The first kappa shape index (κ1) is 15.6. The van der Waals surface area contributed by atoms with E-state index in [1.54, 1.807) is 11.3 Å². The van der Waals surface area contributed by atoms with E-state index in [-0.39, 0.29) is 6.04 Å². The van der Waals surface area contributed by atoms with E-state index in [4.69, 9.17) is 10.5 Å². The van der Waals surface area contributed by atoms with E-state index in [1.807, 2.05) is 24.4 Å². The molecule has 0 spiro atoms. The number of aryl methyl sites for hydroxylation is 1. The topological polar surface area (TPSA) is 60.2 Å². The van der Waals surface area contributed by atoms with Crippen molar-refractivity contribution in [3.8, 4) is 5.75 Å². The van der Waals surface area contributed by atoms with Crippen LogP contribution in [-0.4, -0.2) is 11.6 Å². The van der Waals surface area contributed by atoms with Gasteiger partial charge in [-0.1, -0.05) is 13.8 Å². The first-order valence-corrected chi connectivity index (χ1v) is 8.19. The second-order valence-corrected chi connectivity index (χ2v) is 6.13. The molecule has 0 saturated carbocycles. The van der Waals surface area contributed by atoms with Crippen LogP contribution in [-0.2, 0) is 6.42 Å². The van der Waals surface area contributed by atoms with Crippen molar-refractivity contribution < 1.29 is 4.74 Å². The van der Waals surface area contributed by atoms with Gasteiger partial charge < -0.3 is 15.8 Å². The number of ether oxygens (including phenoxy) is 1. The standard InChI is InChI=1S/C16H23N3OS/c1-4-8-20-15-9-12(6-7-14(15)17)19-11(3)16-18-10-13(5-2)21-16/h6-7,9-11,19H,4-5,8,17H2,1-3H3. The van der Waals surface area contributed by atoms with Crippen LogP contribution in [0.25, 0.3) is 0 Å². The summed E-state index contributed by atoms with van der Waals surface area (Å²) in [5.74, 6) is 0.738. The molecule has 0 saturated heterocycles. The fraction of sp³-hybridized carbons (Fsp3) is 0.438. The highest BCUT2D eigenvalue weighted by molar-refractivity contribution is 7.11. The van der Waals surface area contributed by atoms with Gasteiger partial charge in [-0.3, -0.25) is 0 Å². The number of nitrogens with one attached hydrogen (secondary N) is 1. The van der Waals surface area contributed by atoms with Crippen LogP contribution >= 0.6 is 11.3 Å². The SMILES string of the molecule is CCCOc1cc(NC(C)c2ncc(CC)s2)ccc1N. The number of thiazole rings is 1. The smallest absolute Gasteiger partial charge is 0.144 e. The van der Waals surface area contributed by atoms with Crippen LogP contribution in [0.3, 0.4) is 0 Å². The van der Waals surface area contributed by atoms with Crippen LogP contribution in [0.1, 0.15) is 43.1 Å². The number of anilines is 2. The van der Waals surface area contributed by atoms with Crippen molar-refractivity contribution in [2.24, 2.45) is 0 Å². The van der Waals surface area contributed by atoms with Gasteiger partial charge in [0.15, 0.2) is 0 Å². The minimum atomic E-state index is 0.165. The molecule has 0 aliphatic carbocycles. The quantitative estimate of drug-likeness (QED) is 0.751. The Kier molecular flexibility index (Phi) is 5.44. The third kappa shape index (κ3) is 4.11. The van der Waals surface area contributed by atoms with Crippen molar-refractivity contribution >= 4 is 22.7 Å². The maximum Gasteiger partial charge on any atom is 0.144 e. The maximum atomic E-state index is 5.93. The van der Waals surface area contributed by atoms with E-state index in [0.717, 1.165) is 29.3 Å². The second kappa shape index (κ2) is 7.31. The molecule has 5 heteroatoms. The first-order chi connectivity index (χ1) is 10.1.